The second-order valence-corrected chi connectivity index (χ2v) is 5.42. The van der Waals surface area contributed by atoms with Crippen LogP contribution in [0, 0.1) is 0 Å². The number of carbonyl (C=O) groups excluding carboxylic acids is 1. The molecule has 0 saturated carbocycles. The molecule has 3 aromatic rings. The highest BCUT2D eigenvalue weighted by Crippen LogP contribution is 2.22. The summed E-state index contributed by atoms with van der Waals surface area (Å²) in [6, 6.07) is 4.99. The zero-order chi connectivity index (χ0) is 18.1. The number of aromatic nitrogens is 4. The minimum Gasteiger partial charge on any atom is -0.462 e. The molecule has 128 valence electrons. The zero-order valence-electron chi connectivity index (χ0n) is 14.0. The van der Waals surface area contributed by atoms with E-state index in [2.05, 4.69) is 9.97 Å². The molecule has 3 heterocycles. The Balaban J connectivity index is 2.47. The first-order valence-electron chi connectivity index (χ1n) is 7.64. The van der Waals surface area contributed by atoms with Gasteiger partial charge in [-0.15, -0.1) is 0 Å². The first kappa shape index (κ1) is 16.6. The number of ether oxygens (including phenoxy) is 1. The highest BCUT2D eigenvalue weighted by atomic mass is 16.5. The molecule has 0 amide bonds. The first-order chi connectivity index (χ1) is 12.0. The molecule has 0 bridgehead atoms. The minimum atomic E-state index is -0.643. The predicted molar refractivity (Wildman–Crippen MR) is 91.4 cm³/mol. The van der Waals surface area contributed by atoms with Gasteiger partial charge in [0.25, 0.3) is 5.56 Å². The number of hydrogen-bond acceptors (Lipinski definition) is 6. The molecule has 0 fully saturated rings. The molecular formula is C17H16N4O4. The molecule has 0 saturated heterocycles. The van der Waals surface area contributed by atoms with Crippen molar-refractivity contribution in [2.75, 3.05) is 6.61 Å². The van der Waals surface area contributed by atoms with Crippen LogP contribution in [-0.2, 0) is 18.8 Å². The third-order valence-electron chi connectivity index (χ3n) is 3.86. The van der Waals surface area contributed by atoms with E-state index in [9.17, 15) is 14.4 Å². The standard InChI is InChI=1S/C17H16N4O4/c1-4-25-16(23)11-8-12(10-6-5-7-18-9-10)19-14-13(11)15(22)21(3)17(24)20(14)2/h5-9H,4H2,1-3H3. The molecule has 0 radical (unpaired) electrons. The average molecular weight is 340 g/mol. The van der Waals surface area contributed by atoms with Crippen LogP contribution >= 0.6 is 0 Å². The van der Waals surface area contributed by atoms with Crippen molar-refractivity contribution in [3.8, 4) is 11.3 Å². The lowest BCUT2D eigenvalue weighted by atomic mass is 10.1. The SMILES string of the molecule is CCOC(=O)c1cc(-c2cccnc2)nc2c1c(=O)n(C)c(=O)n2C. The van der Waals surface area contributed by atoms with E-state index in [-0.39, 0.29) is 23.2 Å². The Morgan fingerprint density at radius 1 is 1.24 bits per heavy atom. The smallest absolute Gasteiger partial charge is 0.339 e. The monoisotopic (exact) mass is 340 g/mol. The lowest BCUT2D eigenvalue weighted by molar-refractivity contribution is 0.0528. The van der Waals surface area contributed by atoms with Crippen molar-refractivity contribution in [3.63, 3.8) is 0 Å². The van der Waals surface area contributed by atoms with Crippen LogP contribution in [0.25, 0.3) is 22.3 Å². The number of fused-ring (bicyclic) bond motifs is 1. The van der Waals surface area contributed by atoms with Crippen LogP contribution in [-0.4, -0.2) is 31.7 Å². The number of pyridine rings is 2. The van der Waals surface area contributed by atoms with E-state index >= 15 is 0 Å². The fraction of sp³-hybridized carbons (Fsp3) is 0.235. The van der Waals surface area contributed by atoms with Crippen molar-refractivity contribution >= 4 is 17.0 Å². The number of hydrogen-bond donors (Lipinski definition) is 0. The third-order valence-corrected chi connectivity index (χ3v) is 3.86. The van der Waals surface area contributed by atoms with Crippen molar-refractivity contribution < 1.29 is 9.53 Å². The maximum atomic E-state index is 12.6. The van der Waals surface area contributed by atoms with Gasteiger partial charge in [0, 0.05) is 32.1 Å². The van der Waals surface area contributed by atoms with Gasteiger partial charge in [-0.25, -0.2) is 14.6 Å². The van der Waals surface area contributed by atoms with Gasteiger partial charge in [-0.2, -0.15) is 0 Å². The molecule has 0 atom stereocenters. The molecule has 3 aromatic heterocycles. The molecule has 0 aliphatic carbocycles. The lowest BCUT2D eigenvalue weighted by Gasteiger charge is -2.12. The van der Waals surface area contributed by atoms with Crippen LogP contribution < -0.4 is 11.2 Å². The molecule has 25 heavy (non-hydrogen) atoms. The lowest BCUT2D eigenvalue weighted by Crippen LogP contribution is -2.38. The van der Waals surface area contributed by atoms with Crippen LogP contribution in [0.1, 0.15) is 17.3 Å². The Bertz CT molecular complexity index is 1080. The van der Waals surface area contributed by atoms with E-state index in [0.717, 1.165) is 4.57 Å². The van der Waals surface area contributed by atoms with E-state index in [1.54, 1.807) is 31.5 Å². The predicted octanol–water partition coefficient (Wildman–Crippen LogP) is 0.871. The van der Waals surface area contributed by atoms with Crippen LogP contribution in [0.5, 0.6) is 0 Å². The highest BCUT2D eigenvalue weighted by Gasteiger charge is 2.21. The number of aryl methyl sites for hydroxylation is 1. The number of rotatable bonds is 3. The van der Waals surface area contributed by atoms with Gasteiger partial charge in [0.05, 0.1) is 23.3 Å². The van der Waals surface area contributed by atoms with Gasteiger partial charge in [0.1, 0.15) is 0 Å². The molecule has 0 N–H and O–H groups in total. The largest absolute Gasteiger partial charge is 0.462 e. The van der Waals surface area contributed by atoms with E-state index in [0.29, 0.717) is 11.3 Å². The van der Waals surface area contributed by atoms with Crippen LogP contribution in [0.15, 0.2) is 40.2 Å². The van der Waals surface area contributed by atoms with Crippen molar-refractivity contribution in [1.82, 2.24) is 19.1 Å². The zero-order valence-corrected chi connectivity index (χ0v) is 14.0. The summed E-state index contributed by atoms with van der Waals surface area (Å²) in [6.07, 6.45) is 3.20. The van der Waals surface area contributed by atoms with Crippen LogP contribution in [0.3, 0.4) is 0 Å². The molecule has 0 aromatic carbocycles. The fourth-order valence-corrected chi connectivity index (χ4v) is 2.59. The Labute approximate surface area is 142 Å². The molecule has 0 spiro atoms. The second kappa shape index (κ2) is 6.31. The van der Waals surface area contributed by atoms with Gasteiger partial charge in [-0.3, -0.25) is 18.9 Å². The average Bonchev–Trinajstić information content (AvgIpc) is 2.64. The summed E-state index contributed by atoms with van der Waals surface area (Å²) in [7, 11) is 2.85. The molecule has 3 rings (SSSR count). The van der Waals surface area contributed by atoms with Gasteiger partial charge >= 0.3 is 11.7 Å². The highest BCUT2D eigenvalue weighted by molar-refractivity contribution is 6.03. The molecule has 0 unspecified atom stereocenters. The van der Waals surface area contributed by atoms with Crippen LogP contribution in [0.2, 0.25) is 0 Å². The number of carbonyl (C=O) groups is 1. The summed E-state index contributed by atoms with van der Waals surface area (Å²) in [5.74, 6) is -0.643. The Morgan fingerprint density at radius 3 is 2.64 bits per heavy atom. The summed E-state index contributed by atoms with van der Waals surface area (Å²) in [5, 5.41) is 0.0516. The van der Waals surface area contributed by atoms with E-state index in [4.69, 9.17) is 4.74 Å². The van der Waals surface area contributed by atoms with Gasteiger partial charge < -0.3 is 4.74 Å². The number of nitrogens with zero attached hydrogens (tertiary/aromatic N) is 4. The molecule has 0 aliphatic heterocycles. The topological polar surface area (TPSA) is 96.1 Å². The van der Waals surface area contributed by atoms with E-state index < -0.39 is 17.2 Å². The fourth-order valence-electron chi connectivity index (χ4n) is 2.59. The Hall–Kier alpha value is -3.29. The number of esters is 1. The molecule has 8 heteroatoms. The van der Waals surface area contributed by atoms with Gasteiger partial charge in [-0.1, -0.05) is 0 Å². The van der Waals surface area contributed by atoms with E-state index in [1.807, 2.05) is 0 Å². The van der Waals surface area contributed by atoms with Crippen molar-refractivity contribution in [3.05, 3.63) is 57.0 Å². The quantitative estimate of drug-likeness (QED) is 0.657. The van der Waals surface area contributed by atoms with Crippen molar-refractivity contribution in [1.29, 1.82) is 0 Å². The van der Waals surface area contributed by atoms with Crippen molar-refractivity contribution in [2.45, 2.75) is 6.92 Å². The molecule has 8 nitrogen and oxygen atoms in total. The van der Waals surface area contributed by atoms with Gasteiger partial charge in [0.2, 0.25) is 0 Å². The third kappa shape index (κ3) is 2.71. The maximum Gasteiger partial charge on any atom is 0.339 e. The Kier molecular flexibility index (Phi) is 4.18. The minimum absolute atomic E-state index is 0.0516. The summed E-state index contributed by atoms with van der Waals surface area (Å²) in [6.45, 7) is 1.84. The first-order valence-corrected chi connectivity index (χ1v) is 7.64. The van der Waals surface area contributed by atoms with Crippen molar-refractivity contribution in [2.24, 2.45) is 14.1 Å². The summed E-state index contributed by atoms with van der Waals surface area (Å²) in [4.78, 5) is 45.6. The molecule has 0 aliphatic rings. The maximum absolute atomic E-state index is 12.6. The van der Waals surface area contributed by atoms with E-state index in [1.165, 1.54) is 24.7 Å². The Morgan fingerprint density at radius 2 is 2.00 bits per heavy atom. The van der Waals surface area contributed by atoms with Gasteiger partial charge in [0.15, 0.2) is 5.65 Å². The molecular weight excluding hydrogens is 324 g/mol. The normalized spacial score (nSPS) is 10.8. The second-order valence-electron chi connectivity index (χ2n) is 5.42. The van der Waals surface area contributed by atoms with Gasteiger partial charge in [-0.05, 0) is 25.1 Å². The summed E-state index contributed by atoms with van der Waals surface area (Å²) in [5.41, 5.74) is 0.156. The summed E-state index contributed by atoms with van der Waals surface area (Å²) < 4.78 is 7.25. The summed E-state index contributed by atoms with van der Waals surface area (Å²) >= 11 is 0. The van der Waals surface area contributed by atoms with Crippen LogP contribution in [0.4, 0.5) is 0 Å².